The Morgan fingerprint density at radius 3 is 2.67 bits per heavy atom. The van der Waals surface area contributed by atoms with Gasteiger partial charge in [0.15, 0.2) is 11.5 Å². The molecule has 0 unspecified atom stereocenters. The summed E-state index contributed by atoms with van der Waals surface area (Å²) < 4.78 is 44.7. The number of sulfonamides is 1. The number of nitrogens with one attached hydrogen (secondary N) is 1. The molecule has 11 heteroatoms. The molecule has 0 radical (unpaired) electrons. The maximum Gasteiger partial charge on any atom is 0.244 e. The van der Waals surface area contributed by atoms with E-state index in [0.29, 0.717) is 23.1 Å². The molecule has 0 saturated carbocycles. The number of nitrogens with zero attached hydrogens (tertiary/aromatic N) is 4. The van der Waals surface area contributed by atoms with Gasteiger partial charge in [0.1, 0.15) is 23.0 Å². The van der Waals surface area contributed by atoms with Crippen molar-refractivity contribution in [2.24, 2.45) is 0 Å². The smallest absolute Gasteiger partial charge is 0.244 e. The van der Waals surface area contributed by atoms with Crippen molar-refractivity contribution >= 4 is 15.7 Å². The van der Waals surface area contributed by atoms with Crippen LogP contribution in [-0.4, -0.2) is 55.6 Å². The monoisotopic (exact) mass is 393 g/mol. The summed E-state index contributed by atoms with van der Waals surface area (Å²) in [5, 5.41) is 12.1. The van der Waals surface area contributed by atoms with Gasteiger partial charge in [-0.25, -0.2) is 13.1 Å². The highest BCUT2D eigenvalue weighted by atomic mass is 32.2. The van der Waals surface area contributed by atoms with E-state index in [1.165, 1.54) is 26.4 Å². The quantitative estimate of drug-likeness (QED) is 0.559. The Morgan fingerprint density at radius 1 is 1.11 bits per heavy atom. The van der Waals surface area contributed by atoms with E-state index in [9.17, 15) is 8.42 Å². The van der Waals surface area contributed by atoms with Crippen LogP contribution < -0.4 is 18.9 Å². The molecule has 2 heterocycles. The molecule has 0 atom stereocenters. The SMILES string of the molecule is COc1ccc(S(=O)(=O)NCCOc2ccc3nnc(C)n3n2)c(OC)c1. The normalized spacial score (nSPS) is 11.5. The van der Waals surface area contributed by atoms with Gasteiger partial charge in [0.25, 0.3) is 0 Å². The minimum atomic E-state index is -3.77. The highest BCUT2D eigenvalue weighted by molar-refractivity contribution is 7.89. The first kappa shape index (κ1) is 18.9. The maximum atomic E-state index is 12.5. The summed E-state index contributed by atoms with van der Waals surface area (Å²) >= 11 is 0. The van der Waals surface area contributed by atoms with Crippen LogP contribution in [0.1, 0.15) is 5.82 Å². The second kappa shape index (κ2) is 7.76. The third-order valence-corrected chi connectivity index (χ3v) is 5.20. The van der Waals surface area contributed by atoms with Crippen LogP contribution in [0.15, 0.2) is 35.2 Å². The molecule has 0 bridgehead atoms. The predicted molar refractivity (Wildman–Crippen MR) is 95.7 cm³/mol. The second-order valence-electron chi connectivity index (χ2n) is 5.45. The largest absolute Gasteiger partial charge is 0.497 e. The molecule has 0 aliphatic rings. The molecule has 27 heavy (non-hydrogen) atoms. The highest BCUT2D eigenvalue weighted by Gasteiger charge is 2.19. The van der Waals surface area contributed by atoms with Crippen molar-refractivity contribution in [3.8, 4) is 17.4 Å². The van der Waals surface area contributed by atoms with E-state index >= 15 is 0 Å². The Balaban J connectivity index is 1.62. The van der Waals surface area contributed by atoms with E-state index in [4.69, 9.17) is 14.2 Å². The Labute approximate surface area is 156 Å². The van der Waals surface area contributed by atoms with Crippen molar-refractivity contribution in [1.29, 1.82) is 0 Å². The summed E-state index contributed by atoms with van der Waals surface area (Å²) in [5.74, 6) is 1.66. The van der Waals surface area contributed by atoms with Gasteiger partial charge in [-0.15, -0.1) is 15.3 Å². The number of aromatic nitrogens is 4. The van der Waals surface area contributed by atoms with E-state index in [0.717, 1.165) is 0 Å². The van der Waals surface area contributed by atoms with Gasteiger partial charge in [-0.1, -0.05) is 0 Å². The molecule has 2 aromatic heterocycles. The fraction of sp³-hybridized carbons (Fsp3) is 0.312. The van der Waals surface area contributed by atoms with E-state index in [1.54, 1.807) is 29.6 Å². The minimum absolute atomic E-state index is 0.0189. The van der Waals surface area contributed by atoms with Gasteiger partial charge in [0.05, 0.1) is 14.2 Å². The highest BCUT2D eigenvalue weighted by Crippen LogP contribution is 2.28. The average Bonchev–Trinajstić information content (AvgIpc) is 3.05. The van der Waals surface area contributed by atoms with Gasteiger partial charge in [-0.3, -0.25) is 0 Å². The molecule has 0 amide bonds. The molecule has 0 fully saturated rings. The number of fused-ring (bicyclic) bond motifs is 1. The lowest BCUT2D eigenvalue weighted by Gasteiger charge is -2.12. The Bertz CT molecular complexity index is 1050. The second-order valence-corrected chi connectivity index (χ2v) is 7.19. The Hall–Kier alpha value is -2.92. The van der Waals surface area contributed by atoms with Crippen molar-refractivity contribution < 1.29 is 22.6 Å². The van der Waals surface area contributed by atoms with Gasteiger partial charge in [-0.05, 0) is 25.1 Å². The van der Waals surface area contributed by atoms with Crippen LogP contribution in [0, 0.1) is 6.92 Å². The van der Waals surface area contributed by atoms with Crippen LogP contribution in [-0.2, 0) is 10.0 Å². The fourth-order valence-corrected chi connectivity index (χ4v) is 3.52. The lowest BCUT2D eigenvalue weighted by Crippen LogP contribution is -2.28. The van der Waals surface area contributed by atoms with Crippen LogP contribution in [0.2, 0.25) is 0 Å². The van der Waals surface area contributed by atoms with E-state index < -0.39 is 10.0 Å². The van der Waals surface area contributed by atoms with Crippen LogP contribution in [0.5, 0.6) is 17.4 Å². The maximum absolute atomic E-state index is 12.5. The van der Waals surface area contributed by atoms with E-state index in [2.05, 4.69) is 20.0 Å². The minimum Gasteiger partial charge on any atom is -0.497 e. The molecule has 3 rings (SSSR count). The van der Waals surface area contributed by atoms with Crippen molar-refractivity contribution in [1.82, 2.24) is 24.5 Å². The number of hydrogen-bond donors (Lipinski definition) is 1. The summed E-state index contributed by atoms with van der Waals surface area (Å²) in [6.45, 7) is 1.92. The number of benzene rings is 1. The van der Waals surface area contributed by atoms with Crippen LogP contribution >= 0.6 is 0 Å². The number of ether oxygens (including phenoxy) is 3. The number of rotatable bonds is 8. The predicted octanol–water partition coefficient (Wildman–Crippen LogP) is 0.807. The van der Waals surface area contributed by atoms with Gasteiger partial charge in [-0.2, -0.15) is 4.52 Å². The molecule has 1 aromatic carbocycles. The van der Waals surface area contributed by atoms with Crippen molar-refractivity contribution in [2.45, 2.75) is 11.8 Å². The first-order valence-electron chi connectivity index (χ1n) is 7.98. The molecular weight excluding hydrogens is 374 g/mol. The molecule has 0 saturated heterocycles. The van der Waals surface area contributed by atoms with Crippen LogP contribution in [0.3, 0.4) is 0 Å². The Morgan fingerprint density at radius 2 is 1.93 bits per heavy atom. The Kier molecular flexibility index (Phi) is 5.42. The number of aryl methyl sites for hydroxylation is 1. The van der Waals surface area contributed by atoms with Crippen molar-refractivity contribution in [2.75, 3.05) is 27.4 Å². The molecule has 0 aliphatic heterocycles. The molecule has 0 spiro atoms. The van der Waals surface area contributed by atoms with Crippen LogP contribution in [0.4, 0.5) is 0 Å². The molecule has 3 aromatic rings. The molecule has 144 valence electrons. The molecule has 10 nitrogen and oxygen atoms in total. The summed E-state index contributed by atoms with van der Waals surface area (Å²) in [5.41, 5.74) is 0.604. The lowest BCUT2D eigenvalue weighted by atomic mass is 10.3. The molecule has 1 N–H and O–H groups in total. The van der Waals surface area contributed by atoms with Gasteiger partial charge >= 0.3 is 0 Å². The first-order valence-corrected chi connectivity index (χ1v) is 9.46. The number of hydrogen-bond acceptors (Lipinski definition) is 8. The average molecular weight is 393 g/mol. The lowest BCUT2D eigenvalue weighted by molar-refractivity contribution is 0.305. The van der Waals surface area contributed by atoms with Crippen molar-refractivity contribution in [3.63, 3.8) is 0 Å². The third-order valence-electron chi connectivity index (χ3n) is 3.70. The topological polar surface area (TPSA) is 117 Å². The standard InChI is InChI=1S/C16H19N5O5S/c1-11-18-19-15-6-7-16(20-21(11)15)26-9-8-17-27(22,23)14-5-4-12(24-2)10-13(14)25-3/h4-7,10,17H,8-9H2,1-3H3. The van der Waals surface area contributed by atoms with Gasteiger partial charge < -0.3 is 14.2 Å². The number of methoxy groups -OCH3 is 2. The van der Waals surface area contributed by atoms with Crippen LogP contribution in [0.25, 0.3) is 5.65 Å². The van der Waals surface area contributed by atoms with Crippen molar-refractivity contribution in [3.05, 3.63) is 36.2 Å². The molecular formula is C16H19N5O5S. The molecule has 0 aliphatic carbocycles. The first-order chi connectivity index (χ1) is 12.9. The summed E-state index contributed by atoms with van der Waals surface area (Å²) in [6, 6.07) is 7.84. The zero-order valence-electron chi connectivity index (χ0n) is 15.0. The summed E-state index contributed by atoms with van der Waals surface area (Å²) in [6.07, 6.45) is 0. The third kappa shape index (κ3) is 4.09. The van der Waals surface area contributed by atoms with E-state index in [1.807, 2.05) is 0 Å². The fourth-order valence-electron chi connectivity index (χ4n) is 2.36. The van der Waals surface area contributed by atoms with E-state index in [-0.39, 0.29) is 23.8 Å². The van der Waals surface area contributed by atoms with Gasteiger partial charge in [0.2, 0.25) is 15.9 Å². The van der Waals surface area contributed by atoms with Gasteiger partial charge in [0, 0.05) is 18.7 Å². The zero-order chi connectivity index (χ0) is 19.4. The summed E-state index contributed by atoms with van der Waals surface area (Å²) in [7, 11) is -0.885. The zero-order valence-corrected chi connectivity index (χ0v) is 15.9. The summed E-state index contributed by atoms with van der Waals surface area (Å²) in [4.78, 5) is 0.0189.